The molecule has 0 aliphatic rings. The molecule has 4 N–H and O–H groups in total. The van der Waals surface area contributed by atoms with Gasteiger partial charge in [0.15, 0.2) is 0 Å². The lowest BCUT2D eigenvalue weighted by atomic mass is 10.2. The zero-order chi connectivity index (χ0) is 10.0. The molecule has 1 aromatic rings. The van der Waals surface area contributed by atoms with Crippen LogP contribution < -0.4 is 11.3 Å². The minimum absolute atomic E-state index is 0. The van der Waals surface area contributed by atoms with E-state index in [2.05, 4.69) is 10.2 Å². The zero-order valence-electron chi connectivity index (χ0n) is 7.43. The Morgan fingerprint density at radius 2 is 2.36 bits per heavy atom. The van der Waals surface area contributed by atoms with Crippen molar-refractivity contribution in [3.05, 3.63) is 16.0 Å². The van der Waals surface area contributed by atoms with Gasteiger partial charge in [0.05, 0.1) is 0 Å². The van der Waals surface area contributed by atoms with Crippen LogP contribution in [0.25, 0.3) is 0 Å². The molecule has 0 bridgehead atoms. The van der Waals surface area contributed by atoms with E-state index in [0.717, 1.165) is 0 Å². The summed E-state index contributed by atoms with van der Waals surface area (Å²) in [6.07, 6.45) is -0.0640. The van der Waals surface area contributed by atoms with Crippen LogP contribution in [0.3, 0.4) is 0 Å². The number of carboxylic acid groups (broad SMARTS) is 1. The number of aromatic nitrogens is 3. The summed E-state index contributed by atoms with van der Waals surface area (Å²) < 4.78 is 0. The molecule has 0 aromatic carbocycles. The number of nitrogens with one attached hydrogen (secondary N) is 1. The van der Waals surface area contributed by atoms with Gasteiger partial charge in [0.25, 0.3) is 5.56 Å². The molecule has 1 heterocycles. The highest BCUT2D eigenvalue weighted by Crippen LogP contribution is 1.90. The Labute approximate surface area is 85.3 Å². The van der Waals surface area contributed by atoms with Gasteiger partial charge in [-0.3, -0.25) is 9.59 Å². The lowest BCUT2D eigenvalue weighted by Gasteiger charge is -2.00. The second-order valence-electron chi connectivity index (χ2n) is 2.66. The maximum absolute atomic E-state index is 11.0. The number of carbonyl (C=O) groups is 1. The van der Waals surface area contributed by atoms with E-state index in [-0.39, 0.29) is 24.5 Å². The fraction of sp³-hybridized carbons (Fsp3) is 0.500. The van der Waals surface area contributed by atoms with E-state index in [9.17, 15) is 9.59 Å². The van der Waals surface area contributed by atoms with Crippen molar-refractivity contribution in [1.82, 2.24) is 15.0 Å². The van der Waals surface area contributed by atoms with Gasteiger partial charge in [-0.05, 0) is 0 Å². The van der Waals surface area contributed by atoms with Gasteiger partial charge < -0.3 is 10.8 Å². The van der Waals surface area contributed by atoms with Crippen molar-refractivity contribution in [3.63, 3.8) is 0 Å². The van der Waals surface area contributed by atoms with Gasteiger partial charge in [-0.25, -0.2) is 9.90 Å². The normalized spacial score (nSPS) is 11.9. The van der Waals surface area contributed by atoms with E-state index >= 15 is 0 Å². The summed E-state index contributed by atoms with van der Waals surface area (Å²) in [5, 5.41) is 14.6. The maximum atomic E-state index is 11.0. The van der Waals surface area contributed by atoms with Crippen LogP contribution in [-0.4, -0.2) is 32.1 Å². The molecule has 0 spiro atoms. The van der Waals surface area contributed by atoms with Crippen molar-refractivity contribution in [2.75, 3.05) is 0 Å². The minimum atomic E-state index is -1.15. The smallest absolute Gasteiger partial charge is 0.320 e. The summed E-state index contributed by atoms with van der Waals surface area (Å²) in [5.41, 5.74) is 4.96. The number of H-pyrrole nitrogens is 1. The zero-order valence-corrected chi connectivity index (χ0v) is 8.24. The van der Waals surface area contributed by atoms with Crippen LogP contribution in [0.5, 0.6) is 0 Å². The molecule has 0 fully saturated rings. The van der Waals surface area contributed by atoms with Gasteiger partial charge in [0.2, 0.25) is 0 Å². The first-order chi connectivity index (χ1) is 6.00. The summed E-state index contributed by atoms with van der Waals surface area (Å²) in [6, 6.07) is -1.09. The predicted octanol–water partition coefficient (Wildman–Crippen LogP) is -1.52. The van der Waals surface area contributed by atoms with Crippen LogP contribution in [0.4, 0.5) is 0 Å². The Morgan fingerprint density at radius 1 is 1.79 bits per heavy atom. The van der Waals surface area contributed by atoms with Crippen molar-refractivity contribution in [2.24, 2.45) is 12.8 Å². The molecule has 0 saturated carbocycles. The Balaban J connectivity index is 0.00000169. The van der Waals surface area contributed by atoms with Crippen molar-refractivity contribution in [1.29, 1.82) is 0 Å². The second kappa shape index (κ2) is 4.77. The molecule has 14 heavy (non-hydrogen) atoms. The number of aromatic amines is 1. The number of nitrogens with two attached hydrogens (primary N) is 1. The van der Waals surface area contributed by atoms with E-state index in [0.29, 0.717) is 0 Å². The number of aliphatic carboxylic acids is 1. The van der Waals surface area contributed by atoms with Crippen LogP contribution in [-0.2, 0) is 18.3 Å². The van der Waals surface area contributed by atoms with Crippen LogP contribution in [0.1, 0.15) is 5.69 Å². The van der Waals surface area contributed by atoms with Gasteiger partial charge in [-0.1, -0.05) is 0 Å². The summed E-state index contributed by atoms with van der Waals surface area (Å²) in [7, 11) is 1.54. The van der Waals surface area contributed by atoms with Crippen LogP contribution in [0.2, 0.25) is 0 Å². The van der Waals surface area contributed by atoms with Gasteiger partial charge in [0, 0.05) is 13.5 Å². The highest BCUT2D eigenvalue weighted by atomic mass is 35.5. The van der Waals surface area contributed by atoms with E-state index < -0.39 is 17.6 Å². The first-order valence-electron chi connectivity index (χ1n) is 3.61. The predicted molar refractivity (Wildman–Crippen MR) is 50.4 cm³/mol. The molecule has 0 radical (unpaired) electrons. The third-order valence-corrected chi connectivity index (χ3v) is 1.53. The molecular weight excluding hydrogens is 212 g/mol. The lowest BCUT2D eigenvalue weighted by Crippen LogP contribution is -2.33. The van der Waals surface area contributed by atoms with Crippen LogP contribution in [0, 0.1) is 0 Å². The van der Waals surface area contributed by atoms with E-state index in [4.69, 9.17) is 10.8 Å². The van der Waals surface area contributed by atoms with E-state index in [1.54, 1.807) is 0 Å². The number of nitrogens with zero attached hydrogens (tertiary/aromatic N) is 2. The van der Waals surface area contributed by atoms with Crippen molar-refractivity contribution < 1.29 is 9.90 Å². The number of hydrogen-bond donors (Lipinski definition) is 3. The fourth-order valence-electron chi connectivity index (χ4n) is 0.892. The topological polar surface area (TPSA) is 114 Å². The molecule has 1 rings (SSSR count). The van der Waals surface area contributed by atoms with Crippen LogP contribution >= 0.6 is 12.4 Å². The lowest BCUT2D eigenvalue weighted by molar-refractivity contribution is -0.138. The average molecular weight is 223 g/mol. The van der Waals surface area contributed by atoms with E-state index in [1.165, 1.54) is 11.8 Å². The third kappa shape index (κ3) is 2.86. The Kier molecular flexibility index (Phi) is 4.32. The van der Waals surface area contributed by atoms with Gasteiger partial charge in [-0.15, -0.1) is 12.4 Å². The standard InChI is InChI=1S/C6H10N4O3.ClH/c1-10-8-4(5(11)9-10)2-3(7)6(12)13;/h3H,2,7H2,1H3,(H,9,11)(H,12,13);1H. The first-order valence-corrected chi connectivity index (χ1v) is 3.61. The fourth-order valence-corrected chi connectivity index (χ4v) is 0.892. The number of halogens is 1. The monoisotopic (exact) mass is 222 g/mol. The van der Waals surface area contributed by atoms with Crippen LogP contribution in [0.15, 0.2) is 4.79 Å². The molecule has 8 heteroatoms. The Bertz CT molecular complexity index is 371. The molecule has 0 aliphatic carbocycles. The van der Waals surface area contributed by atoms with Gasteiger partial charge in [0.1, 0.15) is 11.7 Å². The quantitative estimate of drug-likeness (QED) is 0.575. The van der Waals surface area contributed by atoms with Crippen molar-refractivity contribution >= 4 is 18.4 Å². The maximum Gasteiger partial charge on any atom is 0.320 e. The molecule has 7 nitrogen and oxygen atoms in total. The Morgan fingerprint density at radius 3 is 2.71 bits per heavy atom. The molecule has 80 valence electrons. The molecule has 0 amide bonds. The van der Waals surface area contributed by atoms with Gasteiger partial charge >= 0.3 is 5.97 Å². The Hall–Kier alpha value is -1.34. The van der Waals surface area contributed by atoms with Crippen molar-refractivity contribution in [3.8, 4) is 0 Å². The SMILES string of the molecule is Cl.Cn1nc(CC(N)C(=O)O)c(=O)[nH]1. The highest BCUT2D eigenvalue weighted by Gasteiger charge is 2.16. The summed E-state index contributed by atoms with van der Waals surface area (Å²) >= 11 is 0. The number of aryl methyl sites for hydroxylation is 1. The highest BCUT2D eigenvalue weighted by molar-refractivity contribution is 5.85. The summed E-state index contributed by atoms with van der Waals surface area (Å²) in [6.45, 7) is 0. The molecular formula is C6H11ClN4O3. The molecule has 1 atom stereocenters. The first kappa shape index (κ1) is 12.7. The van der Waals surface area contributed by atoms with E-state index in [1.807, 2.05) is 0 Å². The second-order valence-corrected chi connectivity index (χ2v) is 2.66. The largest absolute Gasteiger partial charge is 0.480 e. The number of rotatable bonds is 3. The van der Waals surface area contributed by atoms with Crippen molar-refractivity contribution in [2.45, 2.75) is 12.5 Å². The molecule has 1 unspecified atom stereocenters. The average Bonchev–Trinajstić information content (AvgIpc) is 2.30. The van der Waals surface area contributed by atoms with Gasteiger partial charge in [-0.2, -0.15) is 5.10 Å². The number of carboxylic acids is 1. The molecule has 0 aliphatic heterocycles. The molecule has 0 saturated heterocycles. The summed E-state index contributed by atoms with van der Waals surface area (Å²) in [4.78, 5) is 22.6. The minimum Gasteiger partial charge on any atom is -0.480 e. The molecule has 1 aromatic heterocycles. The number of hydrogen-bond acceptors (Lipinski definition) is 4. The third-order valence-electron chi connectivity index (χ3n) is 1.53. The summed E-state index contributed by atoms with van der Waals surface area (Å²) in [5.74, 6) is -1.15.